The van der Waals surface area contributed by atoms with Crippen LogP contribution in [0, 0.1) is 0 Å². The van der Waals surface area contributed by atoms with E-state index in [9.17, 15) is 9.59 Å². The summed E-state index contributed by atoms with van der Waals surface area (Å²) in [5, 5.41) is 0. The van der Waals surface area contributed by atoms with E-state index in [0.717, 1.165) is 12.8 Å². The van der Waals surface area contributed by atoms with Crippen LogP contribution in [0.2, 0.25) is 0 Å². The molecule has 0 rings (SSSR count). The van der Waals surface area contributed by atoms with E-state index in [0.29, 0.717) is 0 Å². The van der Waals surface area contributed by atoms with Gasteiger partial charge in [0.25, 0.3) is 0 Å². The lowest BCUT2D eigenvalue weighted by atomic mass is 10.0. The van der Waals surface area contributed by atoms with Crippen LogP contribution in [0.5, 0.6) is 0 Å². The van der Waals surface area contributed by atoms with Gasteiger partial charge < -0.3 is 9.47 Å². The van der Waals surface area contributed by atoms with E-state index in [-0.39, 0.29) is 38.0 Å². The molecule has 0 saturated heterocycles. The van der Waals surface area contributed by atoms with Crippen LogP contribution in [-0.4, -0.2) is 25.2 Å². The van der Waals surface area contributed by atoms with Crippen LogP contribution < -0.4 is 0 Å². The molecule has 0 heterocycles. The van der Waals surface area contributed by atoms with Crippen molar-refractivity contribution in [1.29, 1.82) is 0 Å². The van der Waals surface area contributed by atoms with E-state index < -0.39 is 0 Å². The molecule has 0 aromatic heterocycles. The summed E-state index contributed by atoms with van der Waals surface area (Å²) in [6.07, 6.45) is 45.8. The third-order valence-corrected chi connectivity index (χ3v) is 8.50. The number of esters is 2. The van der Waals surface area contributed by atoms with Gasteiger partial charge in [0.1, 0.15) is 13.2 Å². The van der Waals surface area contributed by atoms with E-state index in [1.54, 1.807) is 0 Å². The van der Waals surface area contributed by atoms with Crippen molar-refractivity contribution >= 4 is 11.9 Å². The molecule has 0 aliphatic rings. The molecule has 4 nitrogen and oxygen atoms in total. The van der Waals surface area contributed by atoms with Crippen LogP contribution in [0.4, 0.5) is 0 Å². The molecular formula is C40H74O4. The van der Waals surface area contributed by atoms with Gasteiger partial charge in [-0.15, -0.1) is 0 Å². The summed E-state index contributed by atoms with van der Waals surface area (Å²) in [4.78, 5) is 23.7. The highest BCUT2D eigenvalue weighted by Gasteiger charge is 2.08. The van der Waals surface area contributed by atoms with Crippen molar-refractivity contribution in [3.05, 3.63) is 24.3 Å². The standard InChI is InChI=1S/C40H74O4/c1-3-5-7-9-11-13-15-17-19-21-23-25-27-29-31-33-37-43-39(41)35-36-40(42)44-38-34-32-30-28-26-24-22-20-18-16-14-12-10-8-6-4-2/h31-34H,3-30,35-38H2,1-2H3/b33-31+,34-32+. The predicted octanol–water partition coefficient (Wildman–Crippen LogP) is 12.9. The van der Waals surface area contributed by atoms with Crippen molar-refractivity contribution in [3.63, 3.8) is 0 Å². The Bertz CT molecular complexity index is 598. The molecule has 0 unspecified atom stereocenters. The Labute approximate surface area is 274 Å². The van der Waals surface area contributed by atoms with Gasteiger partial charge in [-0.2, -0.15) is 0 Å². The van der Waals surface area contributed by atoms with E-state index in [1.165, 1.54) is 167 Å². The number of carbonyl (C=O) groups excluding carboxylic acids is 2. The van der Waals surface area contributed by atoms with Crippen LogP contribution in [0.3, 0.4) is 0 Å². The Morgan fingerprint density at radius 1 is 0.364 bits per heavy atom. The van der Waals surface area contributed by atoms with Crippen LogP contribution in [0.25, 0.3) is 0 Å². The first-order chi connectivity index (χ1) is 21.7. The minimum atomic E-state index is -0.342. The molecule has 0 bridgehead atoms. The smallest absolute Gasteiger partial charge is 0.306 e. The summed E-state index contributed by atoms with van der Waals surface area (Å²) in [5.74, 6) is -0.684. The van der Waals surface area contributed by atoms with Crippen LogP contribution in [0.1, 0.15) is 206 Å². The van der Waals surface area contributed by atoms with Gasteiger partial charge >= 0.3 is 11.9 Å². The van der Waals surface area contributed by atoms with Crippen LogP contribution in [-0.2, 0) is 19.1 Å². The minimum Gasteiger partial charge on any atom is -0.461 e. The monoisotopic (exact) mass is 619 g/mol. The van der Waals surface area contributed by atoms with E-state index in [2.05, 4.69) is 26.0 Å². The molecular weight excluding hydrogens is 544 g/mol. The molecule has 258 valence electrons. The van der Waals surface area contributed by atoms with Crippen LogP contribution in [0.15, 0.2) is 24.3 Å². The summed E-state index contributed by atoms with van der Waals surface area (Å²) in [6.45, 7) is 5.12. The Balaban J connectivity index is 3.38. The van der Waals surface area contributed by atoms with Crippen molar-refractivity contribution in [2.24, 2.45) is 0 Å². The third kappa shape index (κ3) is 36.6. The zero-order valence-electron chi connectivity index (χ0n) is 29.6. The third-order valence-electron chi connectivity index (χ3n) is 8.50. The fraction of sp³-hybridized carbons (Fsp3) is 0.850. The Kier molecular flexibility index (Phi) is 36.3. The second-order valence-corrected chi connectivity index (χ2v) is 12.9. The molecule has 44 heavy (non-hydrogen) atoms. The number of hydrogen-bond acceptors (Lipinski definition) is 4. The molecule has 0 spiro atoms. The maximum atomic E-state index is 11.9. The highest BCUT2D eigenvalue weighted by Crippen LogP contribution is 2.14. The molecule has 0 N–H and O–H groups in total. The van der Waals surface area contributed by atoms with Crippen molar-refractivity contribution in [3.8, 4) is 0 Å². The number of hydrogen-bond donors (Lipinski definition) is 0. The van der Waals surface area contributed by atoms with Gasteiger partial charge in [0, 0.05) is 0 Å². The summed E-state index contributed by atoms with van der Waals surface area (Å²) in [7, 11) is 0. The van der Waals surface area contributed by atoms with Gasteiger partial charge in [-0.1, -0.05) is 192 Å². The first kappa shape index (κ1) is 42.4. The van der Waals surface area contributed by atoms with E-state index in [1.807, 2.05) is 12.2 Å². The van der Waals surface area contributed by atoms with Gasteiger partial charge in [0.2, 0.25) is 0 Å². The van der Waals surface area contributed by atoms with Gasteiger partial charge in [0.15, 0.2) is 0 Å². The van der Waals surface area contributed by atoms with Gasteiger partial charge in [0.05, 0.1) is 12.8 Å². The SMILES string of the molecule is CCCCCCCCCCCCCCC/C=C/COC(=O)CCC(=O)OC/C=C/CCCCCCCCCCCCCCC. The average Bonchev–Trinajstić information content (AvgIpc) is 3.03. The molecule has 0 aliphatic carbocycles. The molecule has 0 amide bonds. The average molecular weight is 619 g/mol. The summed E-state index contributed by atoms with van der Waals surface area (Å²) < 4.78 is 10.4. The predicted molar refractivity (Wildman–Crippen MR) is 190 cm³/mol. The van der Waals surface area contributed by atoms with Gasteiger partial charge in [-0.05, 0) is 25.7 Å². The highest BCUT2D eigenvalue weighted by molar-refractivity contribution is 5.77. The van der Waals surface area contributed by atoms with E-state index in [4.69, 9.17) is 9.47 Å². The fourth-order valence-electron chi connectivity index (χ4n) is 5.56. The minimum absolute atomic E-state index is 0.0776. The molecule has 0 atom stereocenters. The number of rotatable bonds is 35. The van der Waals surface area contributed by atoms with E-state index >= 15 is 0 Å². The second-order valence-electron chi connectivity index (χ2n) is 12.9. The number of allylic oxidation sites excluding steroid dienone is 2. The van der Waals surface area contributed by atoms with Crippen molar-refractivity contribution in [1.82, 2.24) is 0 Å². The zero-order valence-corrected chi connectivity index (χ0v) is 29.6. The molecule has 0 radical (unpaired) electrons. The number of carbonyl (C=O) groups is 2. The largest absolute Gasteiger partial charge is 0.461 e. The molecule has 4 heteroatoms. The molecule has 0 aliphatic heterocycles. The molecule has 0 aromatic rings. The lowest BCUT2D eigenvalue weighted by molar-refractivity contribution is -0.149. The molecule has 0 aromatic carbocycles. The molecule has 0 fully saturated rings. The number of ether oxygens (including phenoxy) is 2. The number of unbranched alkanes of at least 4 members (excludes halogenated alkanes) is 26. The fourth-order valence-corrected chi connectivity index (χ4v) is 5.56. The maximum absolute atomic E-state index is 11.9. The Morgan fingerprint density at radius 2 is 0.614 bits per heavy atom. The van der Waals surface area contributed by atoms with Crippen molar-refractivity contribution in [2.75, 3.05) is 13.2 Å². The lowest BCUT2D eigenvalue weighted by Gasteiger charge is -2.03. The van der Waals surface area contributed by atoms with Crippen molar-refractivity contribution in [2.45, 2.75) is 206 Å². The first-order valence-electron chi connectivity index (χ1n) is 19.3. The lowest BCUT2D eigenvalue weighted by Crippen LogP contribution is -2.10. The normalized spacial score (nSPS) is 11.6. The summed E-state index contributed by atoms with van der Waals surface area (Å²) in [5.41, 5.74) is 0. The van der Waals surface area contributed by atoms with Gasteiger partial charge in [-0.25, -0.2) is 0 Å². The Hall–Kier alpha value is -1.58. The van der Waals surface area contributed by atoms with Crippen LogP contribution >= 0.6 is 0 Å². The topological polar surface area (TPSA) is 52.6 Å². The first-order valence-corrected chi connectivity index (χ1v) is 19.3. The Morgan fingerprint density at radius 3 is 0.886 bits per heavy atom. The second kappa shape index (κ2) is 37.6. The summed E-state index contributed by atoms with van der Waals surface area (Å²) >= 11 is 0. The maximum Gasteiger partial charge on any atom is 0.306 e. The zero-order chi connectivity index (χ0) is 32.0. The quantitative estimate of drug-likeness (QED) is 0.0403. The molecule has 0 saturated carbocycles. The van der Waals surface area contributed by atoms with Crippen molar-refractivity contribution < 1.29 is 19.1 Å². The highest BCUT2D eigenvalue weighted by atomic mass is 16.5. The summed E-state index contributed by atoms with van der Waals surface area (Å²) in [6, 6.07) is 0. The van der Waals surface area contributed by atoms with Gasteiger partial charge in [-0.3, -0.25) is 9.59 Å².